The molecule has 0 heterocycles. The molecule has 2 rings (SSSR count). The van der Waals surface area contributed by atoms with Gasteiger partial charge in [0.05, 0.1) is 5.69 Å². The molecule has 4 nitrogen and oxygen atoms in total. The fourth-order valence-corrected chi connectivity index (χ4v) is 4.60. The molecule has 1 aromatic rings. The van der Waals surface area contributed by atoms with Crippen molar-refractivity contribution in [2.24, 2.45) is 0 Å². The molecule has 1 fully saturated rings. The molecule has 1 aliphatic carbocycles. The van der Waals surface area contributed by atoms with E-state index in [1.165, 1.54) is 0 Å². The second kappa shape index (κ2) is 4.80. The largest absolute Gasteiger partial charge is 0.398 e. The first-order valence-corrected chi connectivity index (χ1v) is 8.19. The number of nitrogens with two attached hydrogens (primary N) is 1. The van der Waals surface area contributed by atoms with Gasteiger partial charge in [0.1, 0.15) is 4.90 Å². The van der Waals surface area contributed by atoms with Crippen LogP contribution in [0.15, 0.2) is 17.0 Å². The molecular formula is C14H22N2O2S. The predicted octanol–water partition coefficient (Wildman–Crippen LogP) is 2.50. The van der Waals surface area contributed by atoms with Crippen molar-refractivity contribution in [2.75, 3.05) is 5.73 Å². The van der Waals surface area contributed by atoms with Gasteiger partial charge in [-0.1, -0.05) is 13.0 Å². The summed E-state index contributed by atoms with van der Waals surface area (Å²) in [7, 11) is -3.55. The molecule has 0 aliphatic heterocycles. The lowest BCUT2D eigenvalue weighted by Gasteiger charge is -2.41. The van der Waals surface area contributed by atoms with Crippen molar-refractivity contribution in [1.29, 1.82) is 0 Å². The number of sulfonamides is 1. The summed E-state index contributed by atoms with van der Waals surface area (Å²) in [6.07, 6.45) is 3.72. The van der Waals surface area contributed by atoms with Gasteiger partial charge in [-0.05, 0) is 56.7 Å². The second-order valence-corrected chi connectivity index (χ2v) is 7.14. The van der Waals surface area contributed by atoms with Gasteiger partial charge in [0, 0.05) is 5.54 Å². The van der Waals surface area contributed by atoms with Gasteiger partial charge in [0.2, 0.25) is 10.0 Å². The summed E-state index contributed by atoms with van der Waals surface area (Å²) in [5, 5.41) is 0. The molecule has 1 saturated carbocycles. The van der Waals surface area contributed by atoms with Crippen LogP contribution in [0.2, 0.25) is 0 Å². The Labute approximate surface area is 115 Å². The smallest absolute Gasteiger partial charge is 0.243 e. The molecule has 3 N–H and O–H groups in total. The van der Waals surface area contributed by atoms with Crippen LogP contribution in [0.4, 0.5) is 5.69 Å². The van der Waals surface area contributed by atoms with Crippen LogP contribution in [-0.4, -0.2) is 14.0 Å². The third-order valence-electron chi connectivity index (χ3n) is 4.31. The van der Waals surface area contributed by atoms with Crippen LogP contribution in [0.5, 0.6) is 0 Å². The molecule has 0 radical (unpaired) electrons. The van der Waals surface area contributed by atoms with Gasteiger partial charge in [0.25, 0.3) is 0 Å². The van der Waals surface area contributed by atoms with Crippen molar-refractivity contribution in [1.82, 2.24) is 4.72 Å². The van der Waals surface area contributed by atoms with E-state index >= 15 is 0 Å². The molecule has 1 aliphatic rings. The summed E-state index contributed by atoms with van der Waals surface area (Å²) in [6, 6.07) is 3.51. The fraction of sp³-hybridized carbons (Fsp3) is 0.571. The molecule has 0 unspecified atom stereocenters. The van der Waals surface area contributed by atoms with Crippen molar-refractivity contribution >= 4 is 15.7 Å². The Balaban J connectivity index is 2.43. The summed E-state index contributed by atoms with van der Waals surface area (Å²) in [4.78, 5) is 0.243. The first kappa shape index (κ1) is 14.3. The molecule has 0 saturated heterocycles. The van der Waals surface area contributed by atoms with Crippen LogP contribution < -0.4 is 10.5 Å². The highest BCUT2D eigenvalue weighted by atomic mass is 32.2. The molecule has 19 heavy (non-hydrogen) atoms. The van der Waals surface area contributed by atoms with Crippen LogP contribution in [0, 0.1) is 13.8 Å². The Bertz CT molecular complexity index is 584. The lowest BCUT2D eigenvalue weighted by atomic mass is 9.76. The number of hydrogen-bond donors (Lipinski definition) is 2. The van der Waals surface area contributed by atoms with E-state index in [4.69, 9.17) is 5.73 Å². The number of nitrogen functional groups attached to an aromatic ring is 1. The molecule has 1 aromatic carbocycles. The topological polar surface area (TPSA) is 72.2 Å². The number of benzene rings is 1. The summed E-state index contributed by atoms with van der Waals surface area (Å²) >= 11 is 0. The van der Waals surface area contributed by atoms with Crippen molar-refractivity contribution in [3.05, 3.63) is 23.3 Å². The molecule has 0 aromatic heterocycles. The molecule has 0 spiro atoms. The van der Waals surface area contributed by atoms with E-state index in [2.05, 4.69) is 4.72 Å². The van der Waals surface area contributed by atoms with Gasteiger partial charge >= 0.3 is 0 Å². The summed E-state index contributed by atoms with van der Waals surface area (Å²) in [5.41, 5.74) is 7.61. The quantitative estimate of drug-likeness (QED) is 0.833. The monoisotopic (exact) mass is 282 g/mol. The average Bonchev–Trinajstić information content (AvgIpc) is 2.29. The van der Waals surface area contributed by atoms with E-state index in [0.29, 0.717) is 5.69 Å². The normalized spacial score (nSPS) is 18.1. The molecule has 106 valence electrons. The van der Waals surface area contributed by atoms with Gasteiger partial charge in [-0.15, -0.1) is 0 Å². The average molecular weight is 282 g/mol. The number of aryl methyl sites for hydroxylation is 1. The maximum absolute atomic E-state index is 12.6. The number of rotatable bonds is 4. The maximum Gasteiger partial charge on any atom is 0.243 e. The van der Waals surface area contributed by atoms with E-state index in [9.17, 15) is 8.42 Å². The highest BCUT2D eigenvalue weighted by Crippen LogP contribution is 2.37. The summed E-state index contributed by atoms with van der Waals surface area (Å²) in [5.74, 6) is 0. The molecule has 0 bridgehead atoms. The number of nitrogens with one attached hydrogen (secondary N) is 1. The minimum absolute atomic E-state index is 0.243. The Morgan fingerprint density at radius 1 is 1.32 bits per heavy atom. The van der Waals surface area contributed by atoms with E-state index in [1.54, 1.807) is 13.0 Å². The summed E-state index contributed by atoms with van der Waals surface area (Å²) in [6.45, 7) is 5.72. The fourth-order valence-electron chi connectivity index (χ4n) is 2.64. The highest BCUT2D eigenvalue weighted by Gasteiger charge is 2.39. The first-order chi connectivity index (χ1) is 8.81. The van der Waals surface area contributed by atoms with E-state index in [1.807, 2.05) is 19.9 Å². The van der Waals surface area contributed by atoms with Crippen molar-refractivity contribution in [3.8, 4) is 0 Å². The lowest BCUT2D eigenvalue weighted by Crippen LogP contribution is -2.53. The molecule has 0 atom stereocenters. The van der Waals surface area contributed by atoms with Crippen molar-refractivity contribution in [3.63, 3.8) is 0 Å². The van der Waals surface area contributed by atoms with Crippen molar-refractivity contribution < 1.29 is 8.42 Å². The minimum atomic E-state index is -3.55. The zero-order valence-corrected chi connectivity index (χ0v) is 12.6. The third-order valence-corrected chi connectivity index (χ3v) is 6.10. The Hall–Kier alpha value is -1.07. The predicted molar refractivity (Wildman–Crippen MR) is 77.5 cm³/mol. The maximum atomic E-state index is 12.6. The van der Waals surface area contributed by atoms with Gasteiger partial charge < -0.3 is 5.73 Å². The van der Waals surface area contributed by atoms with Gasteiger partial charge in [0.15, 0.2) is 0 Å². The van der Waals surface area contributed by atoms with E-state index in [0.717, 1.165) is 36.8 Å². The van der Waals surface area contributed by atoms with Crippen LogP contribution in [0.1, 0.15) is 43.7 Å². The molecule has 0 amide bonds. The molecular weight excluding hydrogens is 260 g/mol. The number of anilines is 1. The van der Waals surface area contributed by atoms with Crippen LogP contribution in [0.25, 0.3) is 0 Å². The minimum Gasteiger partial charge on any atom is -0.398 e. The van der Waals surface area contributed by atoms with Crippen LogP contribution >= 0.6 is 0 Å². The van der Waals surface area contributed by atoms with Gasteiger partial charge in [-0.3, -0.25) is 0 Å². The summed E-state index contributed by atoms with van der Waals surface area (Å²) < 4.78 is 28.1. The van der Waals surface area contributed by atoms with E-state index in [-0.39, 0.29) is 10.4 Å². The first-order valence-electron chi connectivity index (χ1n) is 6.71. The molecule has 5 heteroatoms. The third kappa shape index (κ3) is 2.49. The van der Waals surface area contributed by atoms with Gasteiger partial charge in [-0.2, -0.15) is 0 Å². The highest BCUT2D eigenvalue weighted by molar-refractivity contribution is 7.89. The van der Waals surface area contributed by atoms with Crippen LogP contribution in [-0.2, 0) is 10.0 Å². The van der Waals surface area contributed by atoms with Crippen molar-refractivity contribution in [2.45, 2.75) is 56.9 Å². The Kier molecular flexibility index (Phi) is 3.62. The zero-order valence-electron chi connectivity index (χ0n) is 11.8. The lowest BCUT2D eigenvalue weighted by molar-refractivity contribution is 0.214. The van der Waals surface area contributed by atoms with Gasteiger partial charge in [-0.25, -0.2) is 13.1 Å². The second-order valence-electron chi connectivity index (χ2n) is 5.52. The van der Waals surface area contributed by atoms with E-state index < -0.39 is 10.0 Å². The van der Waals surface area contributed by atoms with Crippen LogP contribution in [0.3, 0.4) is 0 Å². The number of hydrogen-bond acceptors (Lipinski definition) is 3. The Morgan fingerprint density at radius 2 is 1.95 bits per heavy atom. The Morgan fingerprint density at radius 3 is 2.42 bits per heavy atom. The zero-order chi connectivity index (χ0) is 14.3. The SMILES string of the molecule is CCC1(NS(=O)(=O)c2c(N)ccc(C)c2C)CCC1. The standard InChI is InChI=1S/C14H22N2O2S/c1-4-14(8-5-9-14)16-19(17,18)13-11(3)10(2)6-7-12(13)15/h6-7,16H,4-5,8-9,15H2,1-3H3.